The van der Waals surface area contributed by atoms with Crippen molar-refractivity contribution < 1.29 is 9.18 Å². The number of nitrogens with one attached hydrogen (secondary N) is 3. The molecule has 2 aromatic rings. The average Bonchev–Trinajstić information content (AvgIpc) is 3.01. The number of carbonyl (C=O) groups is 1. The fourth-order valence-electron chi connectivity index (χ4n) is 2.16. The lowest BCUT2D eigenvalue weighted by Crippen LogP contribution is -2.41. The molecule has 0 aliphatic heterocycles. The Balaban J connectivity index is 0.00000338. The molecule has 0 spiro atoms. The van der Waals surface area contributed by atoms with Crippen LogP contribution in [0.25, 0.3) is 0 Å². The van der Waals surface area contributed by atoms with Crippen LogP contribution in [0.15, 0.2) is 35.5 Å². The van der Waals surface area contributed by atoms with Gasteiger partial charge in [0.25, 0.3) is 5.91 Å². The molecule has 3 N–H and O–H groups in total. The van der Waals surface area contributed by atoms with Crippen molar-refractivity contribution >= 4 is 35.8 Å². The van der Waals surface area contributed by atoms with E-state index in [1.165, 1.54) is 6.07 Å². The van der Waals surface area contributed by atoms with Gasteiger partial charge in [-0.2, -0.15) is 5.10 Å². The molecule has 1 heterocycles. The third-order valence-electron chi connectivity index (χ3n) is 3.72. The highest BCUT2D eigenvalue weighted by atomic mass is 127. The van der Waals surface area contributed by atoms with Crippen LogP contribution < -0.4 is 16.0 Å². The summed E-state index contributed by atoms with van der Waals surface area (Å²) in [7, 11) is 3.54. The molecule has 0 radical (unpaired) electrons. The second-order valence-corrected chi connectivity index (χ2v) is 5.52. The zero-order valence-electron chi connectivity index (χ0n) is 15.0. The lowest BCUT2D eigenvalue weighted by molar-refractivity contribution is 0.0954. The van der Waals surface area contributed by atoms with E-state index in [0.717, 1.165) is 5.69 Å². The van der Waals surface area contributed by atoms with Gasteiger partial charge >= 0.3 is 0 Å². The summed E-state index contributed by atoms with van der Waals surface area (Å²) >= 11 is 0. The number of guanidine groups is 1. The minimum atomic E-state index is -0.384. The number of amides is 1. The first-order chi connectivity index (χ1) is 12.0. The van der Waals surface area contributed by atoms with Gasteiger partial charge in [-0.3, -0.25) is 14.5 Å². The number of aromatic nitrogens is 2. The van der Waals surface area contributed by atoms with E-state index in [-0.39, 0.29) is 35.7 Å². The van der Waals surface area contributed by atoms with Crippen LogP contribution in [0.5, 0.6) is 0 Å². The fourth-order valence-corrected chi connectivity index (χ4v) is 2.16. The monoisotopic (exact) mass is 474 g/mol. The van der Waals surface area contributed by atoms with Crippen LogP contribution in [0.1, 0.15) is 21.6 Å². The summed E-state index contributed by atoms with van der Waals surface area (Å²) in [5, 5.41) is 13.1. The first-order valence-electron chi connectivity index (χ1n) is 7.97. The molecule has 0 atom stereocenters. The first-order valence-corrected chi connectivity index (χ1v) is 7.97. The van der Waals surface area contributed by atoms with Crippen molar-refractivity contribution in [3.05, 3.63) is 53.1 Å². The Bertz CT molecular complexity index is 761. The highest BCUT2D eigenvalue weighted by Gasteiger charge is 2.07. The molecule has 1 amide bonds. The summed E-state index contributed by atoms with van der Waals surface area (Å²) in [6, 6.07) is 6.36. The molecule has 7 nitrogen and oxygen atoms in total. The van der Waals surface area contributed by atoms with Crippen molar-refractivity contribution in [3.63, 3.8) is 0 Å². The minimum absolute atomic E-state index is 0. The molecule has 26 heavy (non-hydrogen) atoms. The average molecular weight is 474 g/mol. The lowest BCUT2D eigenvalue weighted by atomic mass is 10.1. The van der Waals surface area contributed by atoms with E-state index in [4.69, 9.17) is 0 Å². The van der Waals surface area contributed by atoms with Gasteiger partial charge in [0.05, 0.1) is 12.2 Å². The second-order valence-electron chi connectivity index (χ2n) is 5.52. The van der Waals surface area contributed by atoms with Crippen LogP contribution >= 0.6 is 24.0 Å². The van der Waals surface area contributed by atoms with Crippen molar-refractivity contribution in [2.45, 2.75) is 13.5 Å². The van der Waals surface area contributed by atoms with Crippen molar-refractivity contribution in [2.75, 3.05) is 20.1 Å². The SMILES string of the molecule is CN=C(NCCNC(=O)c1ccc(C)c(F)c1)NCc1ccnn1C.I. The molecule has 0 aliphatic carbocycles. The van der Waals surface area contributed by atoms with Crippen LogP contribution in [-0.4, -0.2) is 41.8 Å². The molecule has 0 aliphatic rings. The van der Waals surface area contributed by atoms with Gasteiger partial charge < -0.3 is 16.0 Å². The number of aryl methyl sites for hydroxylation is 2. The second kappa shape index (κ2) is 10.7. The number of rotatable bonds is 6. The molecule has 0 saturated heterocycles. The molecular formula is C17H24FIN6O. The lowest BCUT2D eigenvalue weighted by Gasteiger charge is -2.12. The van der Waals surface area contributed by atoms with Gasteiger partial charge in [0.1, 0.15) is 5.82 Å². The standard InChI is InChI=1S/C17H23FN6O.HI/c1-12-4-5-13(10-15(12)18)16(25)20-8-9-21-17(19-2)22-11-14-6-7-23-24(14)3;/h4-7,10H,8-9,11H2,1-3H3,(H,20,25)(H2,19,21,22);1H. The highest BCUT2D eigenvalue weighted by molar-refractivity contribution is 14.0. The maximum Gasteiger partial charge on any atom is 0.251 e. The summed E-state index contributed by atoms with van der Waals surface area (Å²) in [4.78, 5) is 16.1. The number of nitrogens with zero attached hydrogens (tertiary/aromatic N) is 3. The molecule has 1 aromatic carbocycles. The Morgan fingerprint density at radius 2 is 1.96 bits per heavy atom. The summed E-state index contributed by atoms with van der Waals surface area (Å²) in [5.41, 5.74) is 1.85. The normalized spacial score (nSPS) is 10.8. The van der Waals surface area contributed by atoms with E-state index < -0.39 is 0 Å². The van der Waals surface area contributed by atoms with Gasteiger partial charge in [-0.15, -0.1) is 24.0 Å². The summed E-state index contributed by atoms with van der Waals surface area (Å²) in [5.74, 6) is -0.0686. The van der Waals surface area contributed by atoms with Crippen LogP contribution in [0, 0.1) is 12.7 Å². The number of hydrogen-bond donors (Lipinski definition) is 3. The van der Waals surface area contributed by atoms with Gasteiger partial charge in [0, 0.05) is 38.9 Å². The molecule has 1 aromatic heterocycles. The Kier molecular flexibility index (Phi) is 9.03. The zero-order chi connectivity index (χ0) is 18.2. The fraction of sp³-hybridized carbons (Fsp3) is 0.353. The van der Waals surface area contributed by atoms with Crippen molar-refractivity contribution in [3.8, 4) is 0 Å². The van der Waals surface area contributed by atoms with Gasteiger partial charge in [-0.05, 0) is 30.7 Å². The smallest absolute Gasteiger partial charge is 0.251 e. The molecule has 0 fully saturated rings. The Morgan fingerprint density at radius 1 is 1.23 bits per heavy atom. The van der Waals surface area contributed by atoms with E-state index in [1.54, 1.807) is 37.0 Å². The van der Waals surface area contributed by atoms with Crippen molar-refractivity contribution in [1.29, 1.82) is 0 Å². The maximum absolute atomic E-state index is 13.5. The number of halogens is 2. The van der Waals surface area contributed by atoms with E-state index >= 15 is 0 Å². The predicted octanol–water partition coefficient (Wildman–Crippen LogP) is 1.58. The molecule has 9 heteroatoms. The van der Waals surface area contributed by atoms with Crippen molar-refractivity contribution in [2.24, 2.45) is 12.0 Å². The van der Waals surface area contributed by atoms with E-state index in [0.29, 0.717) is 36.7 Å². The van der Waals surface area contributed by atoms with Crippen molar-refractivity contribution in [1.82, 2.24) is 25.7 Å². The summed E-state index contributed by atoms with van der Waals surface area (Å²) in [6.45, 7) is 3.13. The van der Waals surface area contributed by atoms with E-state index in [9.17, 15) is 9.18 Å². The van der Waals surface area contributed by atoms with E-state index in [1.807, 2.05) is 13.1 Å². The van der Waals surface area contributed by atoms with Gasteiger partial charge in [-0.1, -0.05) is 6.07 Å². The minimum Gasteiger partial charge on any atom is -0.355 e. The quantitative estimate of drug-likeness (QED) is 0.257. The largest absolute Gasteiger partial charge is 0.355 e. The maximum atomic E-state index is 13.5. The molecular weight excluding hydrogens is 450 g/mol. The van der Waals surface area contributed by atoms with Gasteiger partial charge in [0.15, 0.2) is 5.96 Å². The third-order valence-corrected chi connectivity index (χ3v) is 3.72. The zero-order valence-corrected chi connectivity index (χ0v) is 17.4. The molecule has 0 bridgehead atoms. The topological polar surface area (TPSA) is 83.3 Å². The first kappa shape index (κ1) is 21.9. The van der Waals surface area contributed by atoms with Crippen LogP contribution in [-0.2, 0) is 13.6 Å². The van der Waals surface area contributed by atoms with Crippen LogP contribution in [0.4, 0.5) is 4.39 Å². The van der Waals surface area contributed by atoms with Gasteiger partial charge in [-0.25, -0.2) is 4.39 Å². The molecule has 2 rings (SSSR count). The number of carbonyl (C=O) groups excluding carboxylic acids is 1. The predicted molar refractivity (Wildman–Crippen MR) is 110 cm³/mol. The Labute approximate surface area is 169 Å². The van der Waals surface area contributed by atoms with Gasteiger partial charge in [0.2, 0.25) is 0 Å². The number of hydrogen-bond acceptors (Lipinski definition) is 3. The van der Waals surface area contributed by atoms with Crippen LogP contribution in [0.3, 0.4) is 0 Å². The van der Waals surface area contributed by atoms with E-state index in [2.05, 4.69) is 26.0 Å². The molecule has 142 valence electrons. The molecule has 0 unspecified atom stereocenters. The number of aliphatic imine (C=N–C) groups is 1. The Morgan fingerprint density at radius 3 is 2.58 bits per heavy atom. The van der Waals surface area contributed by atoms with Crippen LogP contribution in [0.2, 0.25) is 0 Å². The summed E-state index contributed by atoms with van der Waals surface area (Å²) < 4.78 is 15.3. The third kappa shape index (κ3) is 6.28. The Hall–Kier alpha value is -2.17. The highest BCUT2D eigenvalue weighted by Crippen LogP contribution is 2.08. The number of benzene rings is 1. The summed E-state index contributed by atoms with van der Waals surface area (Å²) in [6.07, 6.45) is 1.73. The molecule has 0 saturated carbocycles.